The van der Waals surface area contributed by atoms with Crippen molar-refractivity contribution < 1.29 is 40.8 Å². The molecule has 0 aliphatic carbocycles. The van der Waals surface area contributed by atoms with Gasteiger partial charge >= 0.3 is 22.8 Å². The molecule has 0 radical (unpaired) electrons. The summed E-state index contributed by atoms with van der Waals surface area (Å²) in [5.74, 6) is 0. The summed E-state index contributed by atoms with van der Waals surface area (Å²) in [5, 5.41) is 0. The van der Waals surface area contributed by atoms with Crippen LogP contribution in [0.2, 0.25) is 0 Å². The van der Waals surface area contributed by atoms with Crippen LogP contribution in [-0.4, -0.2) is 56.6 Å². The smallest absolute Gasteiger partial charge is 0.309 e. The Hall–Kier alpha value is 0.450. The Kier molecular flexibility index (Phi) is 18.9. The van der Waals surface area contributed by atoms with Crippen LogP contribution in [0.4, 0.5) is 0 Å². The number of rotatable bonds is 23. The second-order valence-corrected chi connectivity index (χ2v) is 15.4. The average Bonchev–Trinajstić information content (AvgIpc) is 2.78. The molecule has 0 N–H and O–H groups in total. The summed E-state index contributed by atoms with van der Waals surface area (Å²) >= 11 is 0. The highest BCUT2D eigenvalue weighted by molar-refractivity contribution is 7.55. The van der Waals surface area contributed by atoms with Gasteiger partial charge in [-0.3, -0.25) is 13.7 Å². The highest BCUT2D eigenvalue weighted by Gasteiger charge is 2.41. The van der Waals surface area contributed by atoms with Crippen molar-refractivity contribution in [2.45, 2.75) is 111 Å². The first-order valence-electron chi connectivity index (χ1n) is 13.2. The van der Waals surface area contributed by atoms with Crippen molar-refractivity contribution in [2.75, 3.05) is 39.6 Å². The van der Waals surface area contributed by atoms with E-state index >= 15 is 0 Å². The molecule has 0 spiro atoms. The number of hydrogen-bond acceptors (Lipinski definition) is 9. The molecule has 0 rings (SSSR count). The SMILES string of the molecule is CCCC(CCC(CCC(C)P(=O)(OCC)OCC)P(=O)(OCC)OCC)P(=O)(OCC)OCC. The van der Waals surface area contributed by atoms with Crippen molar-refractivity contribution in [1.29, 1.82) is 0 Å². The van der Waals surface area contributed by atoms with E-state index in [1.807, 2.05) is 13.8 Å². The van der Waals surface area contributed by atoms with E-state index in [9.17, 15) is 13.7 Å². The van der Waals surface area contributed by atoms with Gasteiger partial charge in [0.25, 0.3) is 0 Å². The molecule has 9 nitrogen and oxygen atoms in total. The minimum absolute atomic E-state index is 0.245. The lowest BCUT2D eigenvalue weighted by Crippen LogP contribution is -2.21. The summed E-state index contributed by atoms with van der Waals surface area (Å²) in [5.41, 5.74) is -1.16. The van der Waals surface area contributed by atoms with Gasteiger partial charge in [0.2, 0.25) is 0 Å². The first-order valence-corrected chi connectivity index (χ1v) is 18.1. The van der Waals surface area contributed by atoms with Gasteiger partial charge in [0.05, 0.1) is 56.6 Å². The van der Waals surface area contributed by atoms with Gasteiger partial charge in [-0.1, -0.05) is 20.3 Å². The molecular formula is C23H51O9P3. The van der Waals surface area contributed by atoms with E-state index < -0.39 is 28.4 Å². The molecule has 0 amide bonds. The summed E-state index contributed by atoms with van der Waals surface area (Å²) in [6.45, 7) is 16.2. The molecule has 0 saturated heterocycles. The van der Waals surface area contributed by atoms with Crippen LogP contribution >= 0.6 is 22.8 Å². The zero-order chi connectivity index (χ0) is 27.0. The van der Waals surface area contributed by atoms with Crippen molar-refractivity contribution >= 4 is 22.8 Å². The molecule has 0 aliphatic rings. The second kappa shape index (κ2) is 18.7. The van der Waals surface area contributed by atoms with Crippen LogP contribution in [0.5, 0.6) is 0 Å². The van der Waals surface area contributed by atoms with Crippen LogP contribution in [0.15, 0.2) is 0 Å². The Balaban J connectivity index is 5.88. The fraction of sp³-hybridized carbons (Fsp3) is 1.00. The minimum Gasteiger partial charge on any atom is -0.309 e. The molecule has 12 heteroatoms. The normalized spacial score (nSPS) is 15.8. The van der Waals surface area contributed by atoms with Crippen LogP contribution in [0.1, 0.15) is 93.9 Å². The lowest BCUT2D eigenvalue weighted by atomic mass is 10.1. The van der Waals surface area contributed by atoms with Crippen LogP contribution < -0.4 is 0 Å². The van der Waals surface area contributed by atoms with Gasteiger partial charge in [-0.25, -0.2) is 0 Å². The summed E-state index contributed by atoms with van der Waals surface area (Å²) in [6, 6.07) is 0. The fourth-order valence-electron chi connectivity index (χ4n) is 4.10. The van der Waals surface area contributed by atoms with E-state index in [2.05, 4.69) is 0 Å². The van der Waals surface area contributed by atoms with Crippen LogP contribution in [0.3, 0.4) is 0 Å². The van der Waals surface area contributed by atoms with Crippen molar-refractivity contribution in [2.24, 2.45) is 0 Å². The third-order valence-electron chi connectivity index (χ3n) is 5.66. The summed E-state index contributed by atoms with van der Waals surface area (Å²) in [6.07, 6.45) is 3.32. The largest absolute Gasteiger partial charge is 0.333 e. The van der Waals surface area contributed by atoms with E-state index in [-0.39, 0.29) is 37.7 Å². The fourth-order valence-corrected chi connectivity index (χ4v) is 10.3. The monoisotopic (exact) mass is 564 g/mol. The highest BCUT2D eigenvalue weighted by Crippen LogP contribution is 2.61. The van der Waals surface area contributed by atoms with E-state index in [0.717, 1.165) is 6.42 Å². The lowest BCUT2D eigenvalue weighted by Gasteiger charge is -2.31. The third kappa shape index (κ3) is 11.8. The highest BCUT2D eigenvalue weighted by atomic mass is 31.2. The molecule has 35 heavy (non-hydrogen) atoms. The summed E-state index contributed by atoms with van der Waals surface area (Å²) < 4.78 is 74.1. The molecule has 3 unspecified atom stereocenters. The Morgan fingerprint density at radius 2 is 0.743 bits per heavy atom. The van der Waals surface area contributed by atoms with Gasteiger partial charge < -0.3 is 27.1 Å². The summed E-state index contributed by atoms with van der Waals surface area (Å²) in [7, 11) is -10.1. The molecule has 212 valence electrons. The van der Waals surface area contributed by atoms with Gasteiger partial charge in [-0.2, -0.15) is 0 Å². The molecule has 3 atom stereocenters. The maximum atomic E-state index is 13.8. The molecule has 0 saturated carbocycles. The minimum atomic E-state index is -3.47. The maximum Gasteiger partial charge on any atom is 0.333 e. The average molecular weight is 565 g/mol. The van der Waals surface area contributed by atoms with Crippen LogP contribution in [-0.2, 0) is 40.8 Å². The van der Waals surface area contributed by atoms with Crippen molar-refractivity contribution in [3.63, 3.8) is 0 Å². The van der Waals surface area contributed by atoms with Crippen LogP contribution in [0.25, 0.3) is 0 Å². The Labute approximate surface area is 214 Å². The Morgan fingerprint density at radius 1 is 0.457 bits per heavy atom. The van der Waals surface area contributed by atoms with Gasteiger partial charge in [0.15, 0.2) is 0 Å². The van der Waals surface area contributed by atoms with Gasteiger partial charge in [-0.15, -0.1) is 0 Å². The quantitative estimate of drug-likeness (QED) is 0.113. The molecule has 0 aromatic heterocycles. The predicted molar refractivity (Wildman–Crippen MR) is 143 cm³/mol. The van der Waals surface area contributed by atoms with Crippen LogP contribution in [0, 0.1) is 0 Å². The zero-order valence-corrected chi connectivity index (χ0v) is 25.9. The molecule has 0 aromatic carbocycles. The van der Waals surface area contributed by atoms with E-state index in [1.54, 1.807) is 41.5 Å². The second-order valence-electron chi connectivity index (χ2n) is 8.23. The van der Waals surface area contributed by atoms with E-state index in [1.165, 1.54) is 0 Å². The lowest BCUT2D eigenvalue weighted by molar-refractivity contribution is 0.199. The Morgan fingerprint density at radius 3 is 1.06 bits per heavy atom. The topological polar surface area (TPSA) is 107 Å². The van der Waals surface area contributed by atoms with E-state index in [0.29, 0.717) is 45.3 Å². The zero-order valence-electron chi connectivity index (χ0n) is 23.2. The van der Waals surface area contributed by atoms with Gasteiger partial charge in [-0.05, 0) is 73.6 Å². The molecule has 0 aromatic rings. The molecule has 0 aliphatic heterocycles. The maximum absolute atomic E-state index is 13.8. The molecular weight excluding hydrogens is 513 g/mol. The van der Waals surface area contributed by atoms with Gasteiger partial charge in [0, 0.05) is 0 Å². The van der Waals surface area contributed by atoms with Gasteiger partial charge in [0.1, 0.15) is 0 Å². The van der Waals surface area contributed by atoms with Crippen molar-refractivity contribution in [3.8, 4) is 0 Å². The van der Waals surface area contributed by atoms with E-state index in [4.69, 9.17) is 27.1 Å². The third-order valence-corrected chi connectivity index (χ3v) is 13.5. The Bertz CT molecular complexity index is 659. The molecule has 0 fully saturated rings. The standard InChI is InChI=1S/C23H51O9P3/c1-9-16-22(34(25,29-12-4)30-13-5)19-20-23(35(26,31-14-6)32-15-7)18-17-21(8)33(24,27-10-2)28-11-3/h21-23H,9-20H2,1-8H3. The van der Waals surface area contributed by atoms with Crippen molar-refractivity contribution in [1.82, 2.24) is 0 Å². The first kappa shape index (κ1) is 35.5. The molecule has 0 bridgehead atoms. The summed E-state index contributed by atoms with van der Waals surface area (Å²) in [4.78, 5) is 0. The predicted octanol–water partition coefficient (Wildman–Crippen LogP) is 8.27. The van der Waals surface area contributed by atoms with Crippen molar-refractivity contribution in [3.05, 3.63) is 0 Å². The first-order chi connectivity index (χ1) is 16.6. The number of hydrogen-bond donors (Lipinski definition) is 0. The molecule has 0 heterocycles.